The second kappa shape index (κ2) is 17.9. The van der Waals surface area contributed by atoms with Crippen LogP contribution in [0.4, 0.5) is 0 Å². The van der Waals surface area contributed by atoms with Crippen molar-refractivity contribution in [2.24, 2.45) is 0 Å². The van der Waals surface area contributed by atoms with E-state index in [-0.39, 0.29) is 0 Å². The molecule has 0 radical (unpaired) electrons. The fourth-order valence-corrected chi connectivity index (χ4v) is 3.51. The van der Waals surface area contributed by atoms with Gasteiger partial charge in [0.15, 0.2) is 11.5 Å². The largest absolute Gasteiger partial charge is 0.490 e. The van der Waals surface area contributed by atoms with Crippen molar-refractivity contribution < 1.29 is 14.2 Å². The molecule has 29 heavy (non-hydrogen) atoms. The van der Waals surface area contributed by atoms with Crippen molar-refractivity contribution in [2.75, 3.05) is 19.8 Å². The zero-order chi connectivity index (χ0) is 21.2. The topological polar surface area (TPSA) is 27.7 Å². The van der Waals surface area contributed by atoms with Crippen LogP contribution in [0.5, 0.6) is 17.2 Å². The second-order valence-electron chi connectivity index (χ2n) is 7.78. The number of unbranched alkanes of at least 4 members (excludes halogenated alkanes) is 9. The summed E-state index contributed by atoms with van der Waals surface area (Å²) in [6.07, 6.45) is 14.3. The minimum Gasteiger partial charge on any atom is -0.490 e. The van der Waals surface area contributed by atoms with E-state index in [9.17, 15) is 0 Å². The Morgan fingerprint density at radius 3 is 1.38 bits per heavy atom. The molecule has 0 atom stereocenters. The van der Waals surface area contributed by atoms with Crippen LogP contribution in [0, 0.1) is 0 Å². The van der Waals surface area contributed by atoms with Crippen LogP contribution in [0.15, 0.2) is 12.1 Å². The molecule has 0 spiro atoms. The molecule has 1 aromatic rings. The number of rotatable bonds is 19. The maximum absolute atomic E-state index is 6.21. The molecule has 0 aliphatic rings. The molecule has 0 aliphatic heterocycles. The number of hydrogen-bond acceptors (Lipinski definition) is 3. The molecule has 168 valence electrons. The summed E-state index contributed by atoms with van der Waals surface area (Å²) in [5.41, 5.74) is 1.16. The summed E-state index contributed by atoms with van der Waals surface area (Å²) < 4.78 is 18.5. The third-order valence-corrected chi connectivity index (χ3v) is 5.64. The Labute approximate surface area is 188 Å². The zero-order valence-corrected chi connectivity index (χ0v) is 20.7. The molecule has 0 heterocycles. The Morgan fingerprint density at radius 1 is 0.586 bits per heavy atom. The van der Waals surface area contributed by atoms with Gasteiger partial charge in [0, 0.05) is 5.33 Å². The highest BCUT2D eigenvalue weighted by Crippen LogP contribution is 2.40. The van der Waals surface area contributed by atoms with Crippen LogP contribution in [-0.2, 0) is 5.33 Å². The van der Waals surface area contributed by atoms with Crippen molar-refractivity contribution >= 4 is 15.9 Å². The van der Waals surface area contributed by atoms with Crippen molar-refractivity contribution in [2.45, 2.75) is 103 Å². The van der Waals surface area contributed by atoms with E-state index in [1.165, 1.54) is 57.8 Å². The standard InChI is InChI=1S/C25H43BrO3/c1-4-7-10-13-16-27-23-19-22(21-26)20-24(28-17-14-11-8-5-2)25(23)29-18-15-12-9-6-3/h19-20H,4-18,21H2,1-3H3. The van der Waals surface area contributed by atoms with Gasteiger partial charge >= 0.3 is 0 Å². The molecule has 0 saturated carbocycles. The molecule has 1 aromatic carbocycles. The minimum atomic E-state index is 0.714. The quantitative estimate of drug-likeness (QED) is 0.150. The van der Waals surface area contributed by atoms with Crippen molar-refractivity contribution in [1.29, 1.82) is 0 Å². The maximum atomic E-state index is 6.21. The number of alkyl halides is 1. The van der Waals surface area contributed by atoms with Crippen molar-refractivity contribution in [3.8, 4) is 17.2 Å². The molecule has 1 rings (SSSR count). The molecule has 0 unspecified atom stereocenters. The third kappa shape index (κ3) is 11.8. The molecule has 0 saturated heterocycles. The first kappa shape index (κ1) is 26.1. The first-order chi connectivity index (χ1) is 14.3. The average Bonchev–Trinajstić information content (AvgIpc) is 2.74. The molecule has 0 amide bonds. The van der Waals surface area contributed by atoms with Gasteiger partial charge < -0.3 is 14.2 Å². The number of halogens is 1. The lowest BCUT2D eigenvalue weighted by molar-refractivity contribution is 0.234. The molecule has 0 aromatic heterocycles. The van der Waals surface area contributed by atoms with Gasteiger partial charge in [-0.15, -0.1) is 0 Å². The molecule has 0 bridgehead atoms. The van der Waals surface area contributed by atoms with Gasteiger partial charge in [-0.1, -0.05) is 94.5 Å². The van der Waals surface area contributed by atoms with Crippen LogP contribution in [-0.4, -0.2) is 19.8 Å². The minimum absolute atomic E-state index is 0.714. The van der Waals surface area contributed by atoms with Crippen LogP contribution >= 0.6 is 15.9 Å². The highest BCUT2D eigenvalue weighted by atomic mass is 79.9. The van der Waals surface area contributed by atoms with Crippen LogP contribution in [0.3, 0.4) is 0 Å². The maximum Gasteiger partial charge on any atom is 0.203 e. The number of benzene rings is 1. The third-order valence-electron chi connectivity index (χ3n) is 4.99. The molecule has 3 nitrogen and oxygen atoms in total. The summed E-state index contributed by atoms with van der Waals surface area (Å²) in [4.78, 5) is 0. The molecular formula is C25H43BrO3. The van der Waals surface area contributed by atoms with Gasteiger partial charge in [0.05, 0.1) is 19.8 Å². The van der Waals surface area contributed by atoms with E-state index in [2.05, 4.69) is 48.8 Å². The van der Waals surface area contributed by atoms with Crippen LogP contribution in [0.2, 0.25) is 0 Å². The fourth-order valence-electron chi connectivity index (χ4n) is 3.19. The molecule has 4 heteroatoms. The Morgan fingerprint density at radius 2 is 1.00 bits per heavy atom. The highest BCUT2D eigenvalue weighted by molar-refractivity contribution is 9.08. The Kier molecular flexibility index (Phi) is 16.1. The number of ether oxygens (including phenoxy) is 3. The van der Waals surface area contributed by atoms with E-state index in [0.717, 1.165) is 60.6 Å². The summed E-state index contributed by atoms with van der Waals surface area (Å²) in [6, 6.07) is 4.19. The summed E-state index contributed by atoms with van der Waals surface area (Å²) >= 11 is 3.58. The van der Waals surface area contributed by atoms with Crippen LogP contribution in [0.1, 0.15) is 103 Å². The lowest BCUT2D eigenvalue weighted by Gasteiger charge is -2.18. The summed E-state index contributed by atoms with van der Waals surface area (Å²) in [6.45, 7) is 8.87. The van der Waals surface area contributed by atoms with Gasteiger partial charge in [0.1, 0.15) is 0 Å². The van der Waals surface area contributed by atoms with Gasteiger partial charge in [0.25, 0.3) is 0 Å². The van der Waals surface area contributed by atoms with Gasteiger partial charge in [-0.2, -0.15) is 0 Å². The number of hydrogen-bond donors (Lipinski definition) is 0. The van der Waals surface area contributed by atoms with Crippen molar-refractivity contribution in [1.82, 2.24) is 0 Å². The molecule has 0 N–H and O–H groups in total. The van der Waals surface area contributed by atoms with Crippen molar-refractivity contribution in [3.63, 3.8) is 0 Å². The van der Waals surface area contributed by atoms with Gasteiger partial charge in [-0.05, 0) is 37.0 Å². The van der Waals surface area contributed by atoms with Crippen LogP contribution < -0.4 is 14.2 Å². The SMILES string of the molecule is CCCCCCOc1cc(CBr)cc(OCCCCCC)c1OCCCCCC. The van der Waals surface area contributed by atoms with Gasteiger partial charge in [0.2, 0.25) is 5.75 Å². The normalized spacial score (nSPS) is 10.9. The second-order valence-corrected chi connectivity index (χ2v) is 8.34. The smallest absolute Gasteiger partial charge is 0.203 e. The first-order valence-electron chi connectivity index (χ1n) is 11.9. The molecule has 0 aliphatic carbocycles. The van der Waals surface area contributed by atoms with E-state index in [1.807, 2.05) is 0 Å². The average molecular weight is 472 g/mol. The van der Waals surface area contributed by atoms with Crippen LogP contribution in [0.25, 0.3) is 0 Å². The van der Waals surface area contributed by atoms with E-state index in [1.54, 1.807) is 0 Å². The highest BCUT2D eigenvalue weighted by Gasteiger charge is 2.15. The Bertz CT molecular complexity index is 484. The van der Waals surface area contributed by atoms with Gasteiger partial charge in [-0.3, -0.25) is 0 Å². The molecule has 0 fully saturated rings. The van der Waals surface area contributed by atoms with Crippen molar-refractivity contribution in [3.05, 3.63) is 17.7 Å². The predicted molar refractivity (Wildman–Crippen MR) is 128 cm³/mol. The fraction of sp³-hybridized carbons (Fsp3) is 0.760. The summed E-state index contributed by atoms with van der Waals surface area (Å²) in [7, 11) is 0. The Hall–Kier alpha value is -0.900. The van der Waals surface area contributed by atoms with Gasteiger partial charge in [-0.25, -0.2) is 0 Å². The zero-order valence-electron chi connectivity index (χ0n) is 19.1. The summed E-state index contributed by atoms with van der Waals surface area (Å²) in [5, 5.41) is 0.780. The Balaban J connectivity index is 2.81. The predicted octanol–water partition coefficient (Wildman–Crippen LogP) is 8.46. The summed E-state index contributed by atoms with van der Waals surface area (Å²) in [5.74, 6) is 2.45. The van der Waals surface area contributed by atoms with E-state index in [4.69, 9.17) is 14.2 Å². The van der Waals surface area contributed by atoms with E-state index < -0.39 is 0 Å². The van der Waals surface area contributed by atoms with E-state index >= 15 is 0 Å². The first-order valence-corrected chi connectivity index (χ1v) is 13.0. The monoisotopic (exact) mass is 470 g/mol. The lowest BCUT2D eigenvalue weighted by Crippen LogP contribution is -2.07. The van der Waals surface area contributed by atoms with E-state index in [0.29, 0.717) is 6.61 Å². The molecular weight excluding hydrogens is 428 g/mol. The lowest BCUT2D eigenvalue weighted by atomic mass is 10.2.